The average Bonchev–Trinajstić information content (AvgIpc) is 2.85. The molecule has 0 saturated carbocycles. The van der Waals surface area contributed by atoms with Crippen molar-refractivity contribution in [3.63, 3.8) is 0 Å². The Labute approximate surface area is 112 Å². The van der Waals surface area contributed by atoms with Crippen LogP contribution in [0.3, 0.4) is 0 Å². The summed E-state index contributed by atoms with van der Waals surface area (Å²) < 4.78 is 21.0. The third-order valence-corrected chi connectivity index (χ3v) is 3.32. The summed E-state index contributed by atoms with van der Waals surface area (Å²) in [6, 6.07) is 4.88. The number of rotatable bonds is 3. The van der Waals surface area contributed by atoms with Gasteiger partial charge >= 0.3 is 0 Å². The molecule has 0 amide bonds. The van der Waals surface area contributed by atoms with Crippen LogP contribution < -0.4 is 4.74 Å². The smallest absolute Gasteiger partial charge is 0.154 e. The predicted octanol–water partition coefficient (Wildman–Crippen LogP) is 2.71. The second-order valence-electron chi connectivity index (χ2n) is 3.56. The summed E-state index contributed by atoms with van der Waals surface area (Å²) >= 11 is 3.33. The van der Waals surface area contributed by atoms with E-state index in [1.54, 1.807) is 29.2 Å². The van der Waals surface area contributed by atoms with Crippen LogP contribution in [-0.4, -0.2) is 16.9 Å². The van der Waals surface area contributed by atoms with Gasteiger partial charge < -0.3 is 4.74 Å². The van der Waals surface area contributed by atoms with Crippen molar-refractivity contribution in [2.45, 2.75) is 6.54 Å². The SMILES string of the molecule is COc1c(Br)c(Cn2cccn2)cc(F)c1C#N. The molecule has 0 saturated heterocycles. The fourth-order valence-corrected chi connectivity index (χ4v) is 2.23. The van der Waals surface area contributed by atoms with E-state index < -0.39 is 5.82 Å². The predicted molar refractivity (Wildman–Crippen MR) is 66.7 cm³/mol. The first kappa shape index (κ1) is 12.6. The van der Waals surface area contributed by atoms with Gasteiger partial charge in [-0.05, 0) is 33.6 Å². The summed E-state index contributed by atoms with van der Waals surface area (Å²) in [7, 11) is 1.40. The fraction of sp³-hybridized carbons (Fsp3) is 0.167. The van der Waals surface area contributed by atoms with Crippen molar-refractivity contribution in [1.29, 1.82) is 5.26 Å². The lowest BCUT2D eigenvalue weighted by atomic mass is 10.1. The van der Waals surface area contributed by atoms with Crippen molar-refractivity contribution in [2.75, 3.05) is 7.11 Å². The maximum Gasteiger partial charge on any atom is 0.154 e. The van der Waals surface area contributed by atoms with Crippen molar-refractivity contribution in [1.82, 2.24) is 9.78 Å². The van der Waals surface area contributed by atoms with Crippen LogP contribution in [0.2, 0.25) is 0 Å². The highest BCUT2D eigenvalue weighted by Crippen LogP contribution is 2.34. The lowest BCUT2D eigenvalue weighted by Crippen LogP contribution is -2.04. The molecule has 6 heteroatoms. The molecule has 92 valence electrons. The summed E-state index contributed by atoms with van der Waals surface area (Å²) in [6.07, 6.45) is 3.42. The van der Waals surface area contributed by atoms with E-state index in [4.69, 9.17) is 10.00 Å². The van der Waals surface area contributed by atoms with E-state index in [-0.39, 0.29) is 11.3 Å². The summed E-state index contributed by atoms with van der Waals surface area (Å²) in [5, 5.41) is 12.9. The molecule has 0 aliphatic carbocycles. The normalized spacial score (nSPS) is 10.1. The number of halogens is 2. The van der Waals surface area contributed by atoms with E-state index in [1.807, 2.05) is 0 Å². The minimum atomic E-state index is -0.597. The number of benzene rings is 1. The van der Waals surface area contributed by atoms with Crippen LogP contribution in [0.15, 0.2) is 29.0 Å². The van der Waals surface area contributed by atoms with Crippen molar-refractivity contribution < 1.29 is 9.13 Å². The van der Waals surface area contributed by atoms with Crippen LogP contribution in [0.4, 0.5) is 4.39 Å². The Hall–Kier alpha value is -1.87. The molecular weight excluding hydrogens is 301 g/mol. The minimum absolute atomic E-state index is 0.103. The van der Waals surface area contributed by atoms with Crippen LogP contribution in [0, 0.1) is 17.1 Å². The topological polar surface area (TPSA) is 50.8 Å². The van der Waals surface area contributed by atoms with Gasteiger partial charge in [0, 0.05) is 12.4 Å². The van der Waals surface area contributed by atoms with Crippen LogP contribution >= 0.6 is 15.9 Å². The molecular formula is C12H9BrFN3O. The highest BCUT2D eigenvalue weighted by Gasteiger charge is 2.17. The Kier molecular flexibility index (Phi) is 3.63. The molecule has 0 unspecified atom stereocenters. The molecule has 0 fully saturated rings. The second kappa shape index (κ2) is 5.19. The summed E-state index contributed by atoms with van der Waals surface area (Å²) in [5.41, 5.74) is 0.556. The molecule has 2 rings (SSSR count). The molecule has 0 N–H and O–H groups in total. The van der Waals surface area contributed by atoms with Crippen LogP contribution in [0.1, 0.15) is 11.1 Å². The van der Waals surface area contributed by atoms with E-state index in [2.05, 4.69) is 21.0 Å². The standard InChI is InChI=1S/C12H9BrFN3O/c1-18-12-9(6-15)10(14)5-8(11(12)13)7-17-4-2-3-16-17/h2-5H,7H2,1H3. The number of nitrogens with zero attached hydrogens (tertiary/aromatic N) is 3. The van der Waals surface area contributed by atoms with Crippen molar-refractivity contribution in [2.24, 2.45) is 0 Å². The highest BCUT2D eigenvalue weighted by molar-refractivity contribution is 9.10. The van der Waals surface area contributed by atoms with E-state index in [9.17, 15) is 4.39 Å². The molecule has 1 aromatic heterocycles. The summed E-state index contributed by atoms with van der Waals surface area (Å²) in [4.78, 5) is 0. The monoisotopic (exact) mass is 309 g/mol. The van der Waals surface area contributed by atoms with Gasteiger partial charge in [-0.2, -0.15) is 10.4 Å². The zero-order valence-corrected chi connectivity index (χ0v) is 11.1. The van der Waals surface area contributed by atoms with E-state index in [0.29, 0.717) is 16.6 Å². The van der Waals surface area contributed by atoms with E-state index >= 15 is 0 Å². The maximum absolute atomic E-state index is 13.8. The van der Waals surface area contributed by atoms with Gasteiger partial charge in [0.15, 0.2) is 5.75 Å². The first-order valence-corrected chi connectivity index (χ1v) is 5.89. The van der Waals surface area contributed by atoms with Gasteiger partial charge in [0.05, 0.1) is 18.1 Å². The molecule has 0 aliphatic heterocycles. The van der Waals surface area contributed by atoms with Gasteiger partial charge in [-0.3, -0.25) is 4.68 Å². The largest absolute Gasteiger partial charge is 0.494 e. The Bertz CT molecular complexity index is 605. The minimum Gasteiger partial charge on any atom is -0.494 e. The zero-order chi connectivity index (χ0) is 13.1. The third kappa shape index (κ3) is 2.22. The lowest BCUT2D eigenvalue weighted by Gasteiger charge is -2.11. The molecule has 4 nitrogen and oxygen atoms in total. The number of ether oxygens (including phenoxy) is 1. The first-order valence-electron chi connectivity index (χ1n) is 5.09. The average molecular weight is 310 g/mol. The number of nitriles is 1. The van der Waals surface area contributed by atoms with Crippen molar-refractivity contribution in [3.8, 4) is 11.8 Å². The van der Waals surface area contributed by atoms with E-state index in [0.717, 1.165) is 0 Å². The molecule has 1 aromatic carbocycles. The third-order valence-electron chi connectivity index (χ3n) is 2.46. The van der Waals surface area contributed by atoms with Gasteiger partial charge in [0.1, 0.15) is 17.4 Å². The van der Waals surface area contributed by atoms with Crippen molar-refractivity contribution in [3.05, 3.63) is 45.9 Å². The van der Waals surface area contributed by atoms with Gasteiger partial charge in [-0.25, -0.2) is 4.39 Å². The van der Waals surface area contributed by atoms with Crippen LogP contribution in [0.25, 0.3) is 0 Å². The molecule has 2 aromatic rings. The Morgan fingerprint density at radius 3 is 2.94 bits per heavy atom. The molecule has 0 aliphatic rings. The van der Waals surface area contributed by atoms with Gasteiger partial charge in [0.2, 0.25) is 0 Å². The molecule has 0 spiro atoms. The number of hydrogen-bond acceptors (Lipinski definition) is 3. The molecule has 1 heterocycles. The number of methoxy groups -OCH3 is 1. The van der Waals surface area contributed by atoms with Crippen LogP contribution in [0.5, 0.6) is 5.75 Å². The Morgan fingerprint density at radius 2 is 2.39 bits per heavy atom. The number of hydrogen-bond donors (Lipinski definition) is 0. The zero-order valence-electron chi connectivity index (χ0n) is 9.52. The number of aromatic nitrogens is 2. The molecule has 18 heavy (non-hydrogen) atoms. The van der Waals surface area contributed by atoms with E-state index in [1.165, 1.54) is 13.2 Å². The Morgan fingerprint density at radius 1 is 1.61 bits per heavy atom. The summed E-state index contributed by atoms with van der Waals surface area (Å²) in [5.74, 6) is -0.389. The quantitative estimate of drug-likeness (QED) is 0.876. The van der Waals surface area contributed by atoms with Crippen LogP contribution in [-0.2, 0) is 6.54 Å². The molecule has 0 radical (unpaired) electrons. The molecule has 0 bridgehead atoms. The lowest BCUT2D eigenvalue weighted by molar-refractivity contribution is 0.405. The Balaban J connectivity index is 2.50. The van der Waals surface area contributed by atoms with Gasteiger partial charge in [-0.1, -0.05) is 0 Å². The first-order chi connectivity index (χ1) is 8.67. The maximum atomic E-state index is 13.8. The van der Waals surface area contributed by atoms with Gasteiger partial charge in [-0.15, -0.1) is 0 Å². The second-order valence-corrected chi connectivity index (χ2v) is 4.35. The van der Waals surface area contributed by atoms with Gasteiger partial charge in [0.25, 0.3) is 0 Å². The summed E-state index contributed by atoms with van der Waals surface area (Å²) in [6.45, 7) is 0.395. The highest BCUT2D eigenvalue weighted by atomic mass is 79.9. The fourth-order valence-electron chi connectivity index (χ4n) is 1.63. The molecule has 0 atom stereocenters. The van der Waals surface area contributed by atoms with Crippen molar-refractivity contribution >= 4 is 15.9 Å².